The summed E-state index contributed by atoms with van der Waals surface area (Å²) in [7, 11) is 1.52. The second kappa shape index (κ2) is 11.4. The van der Waals surface area contributed by atoms with E-state index in [2.05, 4.69) is 5.10 Å². The van der Waals surface area contributed by atoms with Gasteiger partial charge >= 0.3 is 11.7 Å². The number of ether oxygens (including phenoxy) is 2. The Labute approximate surface area is 218 Å². The number of likely N-dealkylation sites (tertiary alicyclic amines) is 1. The van der Waals surface area contributed by atoms with E-state index in [0.717, 1.165) is 9.25 Å². The van der Waals surface area contributed by atoms with Gasteiger partial charge in [0.15, 0.2) is 0 Å². The fourth-order valence-electron chi connectivity index (χ4n) is 4.26. The van der Waals surface area contributed by atoms with Gasteiger partial charge in [0.25, 0.3) is 11.5 Å². The molecule has 10 nitrogen and oxygen atoms in total. The lowest BCUT2D eigenvalue weighted by atomic mass is 9.98. The van der Waals surface area contributed by atoms with E-state index in [1.165, 1.54) is 12.0 Å². The number of amides is 1. The SMILES string of the molecule is CCOC(=O)C1CCCN(C(=O)c2nn(-c3ccc(Cl)cc3)c(=O)n(Cc3cccc(OC)c3)c2=O)C1. The first kappa shape index (κ1) is 26.2. The molecule has 0 bridgehead atoms. The van der Waals surface area contributed by atoms with Crippen molar-refractivity contribution in [2.24, 2.45) is 5.92 Å². The Morgan fingerprint density at radius 3 is 2.59 bits per heavy atom. The number of methoxy groups -OCH3 is 1. The maximum Gasteiger partial charge on any atom is 0.352 e. The number of nitrogens with zero attached hydrogens (tertiary/aromatic N) is 4. The summed E-state index contributed by atoms with van der Waals surface area (Å²) in [5.74, 6) is -0.957. The third kappa shape index (κ3) is 5.75. The van der Waals surface area contributed by atoms with Crippen molar-refractivity contribution in [3.63, 3.8) is 0 Å². The molecule has 194 valence electrons. The van der Waals surface area contributed by atoms with Gasteiger partial charge in [-0.1, -0.05) is 23.7 Å². The summed E-state index contributed by atoms with van der Waals surface area (Å²) in [6.07, 6.45) is 1.16. The third-order valence-corrected chi connectivity index (χ3v) is 6.39. The van der Waals surface area contributed by atoms with Gasteiger partial charge in [-0.25, -0.2) is 4.79 Å². The normalized spacial score (nSPS) is 15.3. The van der Waals surface area contributed by atoms with E-state index in [-0.39, 0.29) is 25.7 Å². The number of hydrogen-bond donors (Lipinski definition) is 0. The van der Waals surface area contributed by atoms with Crippen LogP contribution in [0.15, 0.2) is 58.1 Å². The first-order chi connectivity index (χ1) is 17.8. The second-order valence-corrected chi connectivity index (χ2v) is 9.04. The van der Waals surface area contributed by atoms with E-state index < -0.39 is 28.8 Å². The Bertz CT molecular complexity index is 1420. The maximum absolute atomic E-state index is 13.5. The van der Waals surface area contributed by atoms with Crippen molar-refractivity contribution < 1.29 is 19.1 Å². The molecule has 0 N–H and O–H groups in total. The molecule has 4 rings (SSSR count). The van der Waals surface area contributed by atoms with E-state index >= 15 is 0 Å². The zero-order chi connectivity index (χ0) is 26.5. The van der Waals surface area contributed by atoms with Crippen molar-refractivity contribution in [2.75, 3.05) is 26.8 Å². The number of aromatic nitrogens is 3. The molecule has 1 unspecified atom stereocenters. The highest BCUT2D eigenvalue weighted by Gasteiger charge is 2.32. The molecule has 1 saturated heterocycles. The van der Waals surface area contributed by atoms with Crippen LogP contribution in [0.3, 0.4) is 0 Å². The van der Waals surface area contributed by atoms with Crippen LogP contribution in [0.25, 0.3) is 5.69 Å². The number of hydrogen-bond acceptors (Lipinski definition) is 7. The van der Waals surface area contributed by atoms with Crippen LogP contribution in [0, 0.1) is 5.92 Å². The fraction of sp³-hybridized carbons (Fsp3) is 0.346. The average molecular weight is 527 g/mol. The van der Waals surface area contributed by atoms with Gasteiger partial charge < -0.3 is 14.4 Å². The standard InChI is InChI=1S/C26H27ClN4O6/c1-3-37-25(34)18-7-5-13-29(16-18)23(32)22-24(33)30(15-17-6-4-8-21(14-17)36-2)26(35)31(28-22)20-11-9-19(27)10-12-20/h4,6,8-12,14,18H,3,5,7,13,15-16H2,1-2H3. The topological polar surface area (TPSA) is 113 Å². The summed E-state index contributed by atoms with van der Waals surface area (Å²) in [5.41, 5.74) is -0.977. The molecule has 1 aliphatic heterocycles. The van der Waals surface area contributed by atoms with Crippen LogP contribution in [0.2, 0.25) is 5.02 Å². The Balaban J connectivity index is 1.78. The molecular weight excluding hydrogens is 500 g/mol. The molecule has 11 heteroatoms. The third-order valence-electron chi connectivity index (χ3n) is 6.14. The van der Waals surface area contributed by atoms with E-state index in [1.807, 2.05) is 0 Å². The molecule has 0 saturated carbocycles. The lowest BCUT2D eigenvalue weighted by molar-refractivity contribution is -0.149. The zero-order valence-corrected chi connectivity index (χ0v) is 21.3. The molecule has 1 fully saturated rings. The molecule has 1 aromatic heterocycles. The first-order valence-electron chi connectivity index (χ1n) is 11.9. The molecule has 3 aromatic rings. The number of esters is 1. The van der Waals surface area contributed by atoms with Gasteiger partial charge in [-0.15, -0.1) is 0 Å². The zero-order valence-electron chi connectivity index (χ0n) is 20.6. The predicted octanol–water partition coefficient (Wildman–Crippen LogP) is 2.52. The smallest absolute Gasteiger partial charge is 0.352 e. The largest absolute Gasteiger partial charge is 0.497 e. The van der Waals surface area contributed by atoms with Crippen molar-refractivity contribution in [3.05, 3.63) is 85.6 Å². The van der Waals surface area contributed by atoms with Gasteiger partial charge in [-0.2, -0.15) is 9.78 Å². The van der Waals surface area contributed by atoms with Crippen LogP contribution >= 0.6 is 11.6 Å². The Morgan fingerprint density at radius 1 is 1.14 bits per heavy atom. The monoisotopic (exact) mass is 526 g/mol. The van der Waals surface area contributed by atoms with Gasteiger partial charge in [-0.05, 0) is 61.7 Å². The molecule has 1 aliphatic rings. The molecule has 0 spiro atoms. The highest BCUT2D eigenvalue weighted by Crippen LogP contribution is 2.19. The minimum Gasteiger partial charge on any atom is -0.497 e. The van der Waals surface area contributed by atoms with E-state index in [0.29, 0.717) is 41.4 Å². The van der Waals surface area contributed by atoms with Crippen molar-refractivity contribution in [1.29, 1.82) is 0 Å². The maximum atomic E-state index is 13.5. The second-order valence-electron chi connectivity index (χ2n) is 8.60. The number of benzene rings is 2. The molecule has 2 aromatic carbocycles. The van der Waals surface area contributed by atoms with Crippen LogP contribution in [-0.2, 0) is 16.1 Å². The van der Waals surface area contributed by atoms with Crippen LogP contribution in [0.5, 0.6) is 5.75 Å². The van der Waals surface area contributed by atoms with Crippen molar-refractivity contribution >= 4 is 23.5 Å². The van der Waals surface area contributed by atoms with Crippen LogP contribution in [0.1, 0.15) is 35.8 Å². The summed E-state index contributed by atoms with van der Waals surface area (Å²) in [6.45, 7) is 2.32. The number of piperidine rings is 1. The lowest BCUT2D eigenvalue weighted by Crippen LogP contribution is -2.49. The molecule has 37 heavy (non-hydrogen) atoms. The summed E-state index contributed by atoms with van der Waals surface area (Å²) in [6, 6.07) is 13.2. The first-order valence-corrected chi connectivity index (χ1v) is 12.3. The van der Waals surface area contributed by atoms with Crippen molar-refractivity contribution in [3.8, 4) is 11.4 Å². The van der Waals surface area contributed by atoms with Gasteiger partial charge in [0.1, 0.15) is 5.75 Å². The molecule has 0 aliphatic carbocycles. The van der Waals surface area contributed by atoms with E-state index in [9.17, 15) is 19.2 Å². The van der Waals surface area contributed by atoms with Gasteiger partial charge in [0, 0.05) is 18.1 Å². The van der Waals surface area contributed by atoms with Gasteiger partial charge in [0.2, 0.25) is 5.69 Å². The summed E-state index contributed by atoms with van der Waals surface area (Å²) < 4.78 is 12.4. The van der Waals surface area contributed by atoms with Crippen molar-refractivity contribution in [2.45, 2.75) is 26.3 Å². The average Bonchev–Trinajstić information content (AvgIpc) is 2.92. The molecule has 2 heterocycles. The van der Waals surface area contributed by atoms with E-state index in [1.54, 1.807) is 55.5 Å². The number of carbonyl (C=O) groups is 2. The predicted molar refractivity (Wildman–Crippen MR) is 136 cm³/mol. The van der Waals surface area contributed by atoms with Crippen LogP contribution in [-0.4, -0.2) is 57.9 Å². The van der Waals surface area contributed by atoms with E-state index in [4.69, 9.17) is 21.1 Å². The van der Waals surface area contributed by atoms with Crippen molar-refractivity contribution in [1.82, 2.24) is 19.2 Å². The fourth-order valence-corrected chi connectivity index (χ4v) is 4.38. The lowest BCUT2D eigenvalue weighted by Gasteiger charge is -2.31. The van der Waals surface area contributed by atoms with Crippen LogP contribution < -0.4 is 16.0 Å². The summed E-state index contributed by atoms with van der Waals surface area (Å²) >= 11 is 6.00. The number of halogens is 1. The quantitative estimate of drug-likeness (QED) is 0.435. The highest BCUT2D eigenvalue weighted by atomic mass is 35.5. The number of rotatable bonds is 7. The van der Waals surface area contributed by atoms with Crippen LogP contribution in [0.4, 0.5) is 0 Å². The Kier molecular flexibility index (Phi) is 8.08. The Morgan fingerprint density at radius 2 is 1.89 bits per heavy atom. The highest BCUT2D eigenvalue weighted by molar-refractivity contribution is 6.30. The minimum atomic E-state index is -0.818. The molecule has 0 radical (unpaired) electrons. The minimum absolute atomic E-state index is 0.100. The van der Waals surface area contributed by atoms with Gasteiger partial charge in [-0.3, -0.25) is 19.0 Å². The molecular formula is C26H27ClN4O6. The molecule has 1 amide bonds. The summed E-state index contributed by atoms with van der Waals surface area (Å²) in [4.78, 5) is 54.1. The molecule has 1 atom stereocenters. The Hall–Kier alpha value is -3.92. The number of carbonyl (C=O) groups excluding carboxylic acids is 2. The summed E-state index contributed by atoms with van der Waals surface area (Å²) in [5, 5.41) is 4.64. The van der Waals surface area contributed by atoms with Gasteiger partial charge in [0.05, 0.1) is 31.9 Å².